The lowest BCUT2D eigenvalue weighted by molar-refractivity contribution is -0.119. The third kappa shape index (κ3) is 3.66. The summed E-state index contributed by atoms with van der Waals surface area (Å²) in [6.07, 6.45) is 2.74. The Morgan fingerprint density at radius 2 is 2.14 bits per heavy atom. The molecule has 2 atom stereocenters. The molecule has 0 aliphatic carbocycles. The maximum atomic E-state index is 10.9. The molecule has 0 saturated carbocycles. The van der Waals surface area contributed by atoms with E-state index in [1.807, 2.05) is 0 Å². The number of amides is 1. The molecule has 0 radical (unpaired) electrons. The number of nitrogens with one attached hydrogen (secondary N) is 1. The Morgan fingerprint density at radius 3 is 2.64 bits per heavy atom. The summed E-state index contributed by atoms with van der Waals surface area (Å²) in [5, 5.41) is 3.46. The van der Waals surface area contributed by atoms with Crippen LogP contribution in [0.5, 0.6) is 0 Å². The number of hydrogen-bond acceptors (Lipinski definition) is 2. The van der Waals surface area contributed by atoms with Gasteiger partial charge in [0.2, 0.25) is 5.91 Å². The van der Waals surface area contributed by atoms with E-state index in [0.29, 0.717) is 23.8 Å². The Hall–Kier alpha value is -0.570. The zero-order valence-electron chi connectivity index (χ0n) is 9.47. The summed E-state index contributed by atoms with van der Waals surface area (Å²) in [7, 11) is 0. The monoisotopic (exact) mass is 198 g/mol. The van der Waals surface area contributed by atoms with Gasteiger partial charge in [0.25, 0.3) is 0 Å². The number of rotatable bonds is 3. The van der Waals surface area contributed by atoms with Gasteiger partial charge < -0.3 is 11.1 Å². The van der Waals surface area contributed by atoms with E-state index in [1.54, 1.807) is 0 Å². The molecular formula is C11H22N2O. The van der Waals surface area contributed by atoms with Gasteiger partial charge in [0.05, 0.1) is 0 Å². The van der Waals surface area contributed by atoms with Crippen molar-refractivity contribution in [3.8, 4) is 0 Å². The highest BCUT2D eigenvalue weighted by molar-refractivity contribution is 5.74. The molecule has 1 fully saturated rings. The predicted molar refractivity (Wildman–Crippen MR) is 57.8 cm³/mol. The van der Waals surface area contributed by atoms with Crippen LogP contribution in [0.2, 0.25) is 0 Å². The van der Waals surface area contributed by atoms with E-state index in [-0.39, 0.29) is 5.91 Å². The Morgan fingerprint density at radius 1 is 1.50 bits per heavy atom. The summed E-state index contributed by atoms with van der Waals surface area (Å²) >= 11 is 0. The van der Waals surface area contributed by atoms with Crippen LogP contribution >= 0.6 is 0 Å². The quantitative estimate of drug-likeness (QED) is 0.717. The van der Waals surface area contributed by atoms with Crippen molar-refractivity contribution in [2.75, 3.05) is 6.54 Å². The third-order valence-corrected chi connectivity index (χ3v) is 2.79. The van der Waals surface area contributed by atoms with Gasteiger partial charge >= 0.3 is 0 Å². The van der Waals surface area contributed by atoms with E-state index in [9.17, 15) is 4.79 Å². The lowest BCUT2D eigenvalue weighted by Gasteiger charge is -2.26. The Bertz CT molecular complexity index is 208. The van der Waals surface area contributed by atoms with E-state index in [1.165, 1.54) is 0 Å². The fourth-order valence-electron chi connectivity index (χ4n) is 2.22. The van der Waals surface area contributed by atoms with Gasteiger partial charge in [-0.2, -0.15) is 0 Å². The molecule has 0 bridgehead atoms. The lowest BCUT2D eigenvalue weighted by atomic mass is 9.82. The van der Waals surface area contributed by atoms with Crippen LogP contribution in [0.1, 0.15) is 40.0 Å². The standard InChI is InChI=1S/C11H22N2O/c1-11(2,3)7-9-8(4-5-13-9)6-10(12)14/h8-9,13H,4-7H2,1-3H3,(H2,12,14). The molecule has 3 nitrogen and oxygen atoms in total. The summed E-state index contributed by atoms with van der Waals surface area (Å²) in [6.45, 7) is 7.72. The maximum absolute atomic E-state index is 10.9. The molecule has 0 aromatic heterocycles. The average Bonchev–Trinajstić information content (AvgIpc) is 2.32. The second-order valence-electron chi connectivity index (χ2n) is 5.54. The van der Waals surface area contributed by atoms with E-state index in [2.05, 4.69) is 26.1 Å². The number of nitrogens with two attached hydrogens (primary N) is 1. The third-order valence-electron chi connectivity index (χ3n) is 2.79. The van der Waals surface area contributed by atoms with Gasteiger partial charge in [-0.3, -0.25) is 4.79 Å². The van der Waals surface area contributed by atoms with Crippen LogP contribution in [-0.2, 0) is 4.79 Å². The van der Waals surface area contributed by atoms with E-state index in [4.69, 9.17) is 5.73 Å². The van der Waals surface area contributed by atoms with Crippen LogP contribution in [0.3, 0.4) is 0 Å². The highest BCUT2D eigenvalue weighted by Crippen LogP contribution is 2.29. The second kappa shape index (κ2) is 4.30. The number of primary amides is 1. The summed E-state index contributed by atoms with van der Waals surface area (Å²) in [4.78, 5) is 10.9. The molecular weight excluding hydrogens is 176 g/mol. The van der Waals surface area contributed by atoms with Crippen molar-refractivity contribution in [1.29, 1.82) is 0 Å². The van der Waals surface area contributed by atoms with Gasteiger partial charge in [-0.25, -0.2) is 0 Å². The van der Waals surface area contributed by atoms with Gasteiger partial charge in [-0.15, -0.1) is 0 Å². The largest absolute Gasteiger partial charge is 0.370 e. The van der Waals surface area contributed by atoms with Gasteiger partial charge in [0.1, 0.15) is 0 Å². The van der Waals surface area contributed by atoms with Crippen molar-refractivity contribution in [2.24, 2.45) is 17.1 Å². The van der Waals surface area contributed by atoms with E-state index < -0.39 is 0 Å². The van der Waals surface area contributed by atoms with Gasteiger partial charge in [0.15, 0.2) is 0 Å². The maximum Gasteiger partial charge on any atom is 0.217 e. The van der Waals surface area contributed by atoms with E-state index >= 15 is 0 Å². The molecule has 0 aromatic rings. The first-order chi connectivity index (χ1) is 6.38. The molecule has 1 saturated heterocycles. The van der Waals surface area contributed by atoms with Crippen LogP contribution in [0.4, 0.5) is 0 Å². The zero-order valence-corrected chi connectivity index (χ0v) is 9.47. The predicted octanol–water partition coefficient (Wildman–Crippen LogP) is 1.28. The van der Waals surface area contributed by atoms with Crippen LogP contribution in [0.25, 0.3) is 0 Å². The summed E-state index contributed by atoms with van der Waals surface area (Å²) in [5.41, 5.74) is 5.55. The first-order valence-electron chi connectivity index (χ1n) is 5.40. The lowest BCUT2D eigenvalue weighted by Crippen LogP contribution is -2.33. The van der Waals surface area contributed by atoms with Crippen molar-refractivity contribution in [2.45, 2.75) is 46.1 Å². The molecule has 3 N–H and O–H groups in total. The average molecular weight is 198 g/mol. The number of carbonyl (C=O) groups excluding carboxylic acids is 1. The SMILES string of the molecule is CC(C)(C)CC1NCCC1CC(N)=O. The van der Waals surface area contributed by atoms with Crippen molar-refractivity contribution >= 4 is 5.91 Å². The molecule has 1 aliphatic rings. The summed E-state index contributed by atoms with van der Waals surface area (Å²) < 4.78 is 0. The molecule has 1 heterocycles. The van der Waals surface area contributed by atoms with Crippen LogP contribution in [0, 0.1) is 11.3 Å². The molecule has 1 rings (SSSR count). The summed E-state index contributed by atoms with van der Waals surface area (Å²) in [6, 6.07) is 0.475. The molecule has 14 heavy (non-hydrogen) atoms. The smallest absolute Gasteiger partial charge is 0.217 e. The van der Waals surface area contributed by atoms with Crippen LogP contribution in [-0.4, -0.2) is 18.5 Å². The van der Waals surface area contributed by atoms with Crippen molar-refractivity contribution in [1.82, 2.24) is 5.32 Å². The van der Waals surface area contributed by atoms with Gasteiger partial charge in [-0.1, -0.05) is 20.8 Å². The number of hydrogen-bond donors (Lipinski definition) is 2. The van der Waals surface area contributed by atoms with Crippen molar-refractivity contribution < 1.29 is 4.79 Å². The minimum absolute atomic E-state index is 0.169. The molecule has 0 aromatic carbocycles. The first-order valence-corrected chi connectivity index (χ1v) is 5.40. The van der Waals surface area contributed by atoms with E-state index in [0.717, 1.165) is 19.4 Å². The highest BCUT2D eigenvalue weighted by atomic mass is 16.1. The van der Waals surface area contributed by atoms with Crippen LogP contribution in [0.15, 0.2) is 0 Å². The Labute approximate surface area is 86.4 Å². The topological polar surface area (TPSA) is 55.1 Å². The van der Waals surface area contributed by atoms with Gasteiger partial charge in [0, 0.05) is 12.5 Å². The van der Waals surface area contributed by atoms with Crippen LogP contribution < -0.4 is 11.1 Å². The minimum atomic E-state index is -0.169. The Balaban J connectivity index is 2.47. The molecule has 1 aliphatic heterocycles. The fourth-order valence-corrected chi connectivity index (χ4v) is 2.22. The fraction of sp³-hybridized carbons (Fsp3) is 0.909. The molecule has 1 amide bonds. The van der Waals surface area contributed by atoms with Gasteiger partial charge in [-0.05, 0) is 30.7 Å². The molecule has 2 unspecified atom stereocenters. The molecule has 82 valence electrons. The first kappa shape index (κ1) is 11.5. The summed E-state index contributed by atoms with van der Waals surface area (Å²) in [5.74, 6) is 0.282. The Kier molecular flexibility index (Phi) is 3.53. The minimum Gasteiger partial charge on any atom is -0.370 e. The molecule has 0 spiro atoms. The van der Waals surface area contributed by atoms with Crippen molar-refractivity contribution in [3.63, 3.8) is 0 Å². The van der Waals surface area contributed by atoms with Crippen molar-refractivity contribution in [3.05, 3.63) is 0 Å². The highest BCUT2D eigenvalue weighted by Gasteiger charge is 2.30. The normalized spacial score (nSPS) is 27.9. The number of carbonyl (C=O) groups is 1. The molecule has 3 heteroatoms. The zero-order chi connectivity index (χ0) is 10.8. The second-order valence-corrected chi connectivity index (χ2v) is 5.54.